The topological polar surface area (TPSA) is 45.7 Å². The van der Waals surface area contributed by atoms with Crippen LogP contribution in [0, 0.1) is 0 Å². The lowest BCUT2D eigenvalue weighted by Crippen LogP contribution is -2.38. The van der Waals surface area contributed by atoms with Gasteiger partial charge in [0.05, 0.1) is 13.2 Å². The summed E-state index contributed by atoms with van der Waals surface area (Å²) >= 11 is 1.79. The highest BCUT2D eigenvalue weighted by Crippen LogP contribution is 2.14. The van der Waals surface area contributed by atoms with Crippen molar-refractivity contribution < 1.29 is 4.74 Å². The summed E-state index contributed by atoms with van der Waals surface area (Å²) in [5.74, 6) is 1.75. The second kappa shape index (κ2) is 9.90. The number of nitrogens with one attached hydrogen (secondary N) is 2. The summed E-state index contributed by atoms with van der Waals surface area (Å²) in [5, 5.41) is 8.78. The fourth-order valence-corrected chi connectivity index (χ4v) is 2.88. The molecule has 0 atom stereocenters. The molecular weight excluding hydrogens is 306 g/mol. The molecule has 0 spiro atoms. The average molecular weight is 331 g/mol. The lowest BCUT2D eigenvalue weighted by molar-refractivity contribution is 0.340. The van der Waals surface area contributed by atoms with Crippen LogP contribution in [0.15, 0.2) is 46.8 Å². The summed E-state index contributed by atoms with van der Waals surface area (Å²) < 4.78 is 5.53. The smallest absolute Gasteiger partial charge is 0.191 e. The van der Waals surface area contributed by atoms with Crippen LogP contribution in [0.2, 0.25) is 0 Å². The van der Waals surface area contributed by atoms with Gasteiger partial charge in [-0.3, -0.25) is 0 Å². The summed E-state index contributed by atoms with van der Waals surface area (Å²) in [5.41, 5.74) is 1.14. The fraction of sp³-hybridized carbons (Fsp3) is 0.389. The number of nitrogens with zero attached hydrogens (tertiary/aromatic N) is 1. The van der Waals surface area contributed by atoms with Crippen molar-refractivity contribution in [1.82, 2.24) is 10.6 Å². The van der Waals surface area contributed by atoms with Crippen molar-refractivity contribution in [3.05, 3.63) is 52.2 Å². The summed E-state index contributed by atoms with van der Waals surface area (Å²) in [4.78, 5) is 6.03. The third-order valence-corrected chi connectivity index (χ3v) is 4.15. The lowest BCUT2D eigenvalue weighted by Gasteiger charge is -2.11. The Morgan fingerprint density at radius 3 is 2.83 bits per heavy atom. The molecule has 0 saturated heterocycles. The van der Waals surface area contributed by atoms with E-state index in [0.717, 1.165) is 36.8 Å². The number of benzene rings is 1. The Bertz CT molecular complexity index is 596. The van der Waals surface area contributed by atoms with E-state index in [0.29, 0.717) is 13.2 Å². The molecule has 4 nitrogen and oxygen atoms in total. The third-order valence-electron chi connectivity index (χ3n) is 3.22. The van der Waals surface area contributed by atoms with E-state index in [2.05, 4.69) is 46.1 Å². The zero-order valence-electron chi connectivity index (χ0n) is 13.8. The van der Waals surface area contributed by atoms with Gasteiger partial charge >= 0.3 is 0 Å². The maximum Gasteiger partial charge on any atom is 0.191 e. The number of ether oxygens (including phenoxy) is 1. The largest absolute Gasteiger partial charge is 0.494 e. The number of hydrogen-bond acceptors (Lipinski definition) is 3. The maximum atomic E-state index is 5.53. The van der Waals surface area contributed by atoms with Crippen LogP contribution in [0.3, 0.4) is 0 Å². The predicted octanol–water partition coefficient (Wildman–Crippen LogP) is 3.44. The van der Waals surface area contributed by atoms with Gasteiger partial charge in [0.1, 0.15) is 5.75 Å². The quantitative estimate of drug-likeness (QED) is 0.575. The summed E-state index contributed by atoms with van der Waals surface area (Å²) in [6, 6.07) is 12.3. The Kier molecular flexibility index (Phi) is 7.46. The van der Waals surface area contributed by atoms with Gasteiger partial charge in [0.15, 0.2) is 5.96 Å². The molecule has 0 aliphatic rings. The first kappa shape index (κ1) is 17.3. The fourth-order valence-electron chi connectivity index (χ4n) is 2.17. The van der Waals surface area contributed by atoms with Crippen molar-refractivity contribution in [2.75, 3.05) is 19.7 Å². The van der Waals surface area contributed by atoms with Crippen LogP contribution < -0.4 is 15.4 Å². The van der Waals surface area contributed by atoms with Crippen LogP contribution in [-0.4, -0.2) is 25.7 Å². The third kappa shape index (κ3) is 6.32. The highest BCUT2D eigenvalue weighted by Gasteiger charge is 2.00. The molecule has 0 amide bonds. The molecule has 0 unspecified atom stereocenters. The summed E-state index contributed by atoms with van der Waals surface area (Å²) in [6.45, 7) is 7.11. The number of thiophene rings is 1. The van der Waals surface area contributed by atoms with Crippen molar-refractivity contribution in [3.63, 3.8) is 0 Å². The first-order chi connectivity index (χ1) is 11.3. The normalized spacial score (nSPS) is 11.3. The van der Waals surface area contributed by atoms with Gasteiger partial charge in [-0.1, -0.05) is 18.2 Å². The molecule has 5 heteroatoms. The van der Waals surface area contributed by atoms with Gasteiger partial charge in [0.2, 0.25) is 0 Å². The zero-order chi connectivity index (χ0) is 16.3. The number of guanidine groups is 1. The minimum atomic E-state index is 0.634. The standard InChI is InChI=1S/C18H25N3OS/c1-3-19-18(20-11-10-17-9-6-12-23-17)21-14-15-7-5-8-16(13-15)22-4-2/h5-9,12-13H,3-4,10-11,14H2,1-2H3,(H2,19,20,21). The van der Waals surface area contributed by atoms with Gasteiger partial charge in [-0.25, -0.2) is 4.99 Å². The predicted molar refractivity (Wildman–Crippen MR) is 98.5 cm³/mol. The Hall–Kier alpha value is -2.01. The molecule has 0 bridgehead atoms. The van der Waals surface area contributed by atoms with E-state index in [9.17, 15) is 0 Å². The minimum Gasteiger partial charge on any atom is -0.494 e. The van der Waals surface area contributed by atoms with Crippen molar-refractivity contribution in [1.29, 1.82) is 0 Å². The molecule has 2 rings (SSSR count). The van der Waals surface area contributed by atoms with Crippen LogP contribution >= 0.6 is 11.3 Å². The first-order valence-corrected chi connectivity index (χ1v) is 8.96. The molecule has 2 aromatic rings. The molecule has 23 heavy (non-hydrogen) atoms. The monoisotopic (exact) mass is 331 g/mol. The van der Waals surface area contributed by atoms with Crippen molar-refractivity contribution >= 4 is 17.3 Å². The Balaban J connectivity index is 1.88. The molecule has 1 heterocycles. The molecule has 2 N–H and O–H groups in total. The molecule has 0 aliphatic heterocycles. The van der Waals surface area contributed by atoms with Crippen molar-refractivity contribution in [2.24, 2.45) is 4.99 Å². The second-order valence-electron chi connectivity index (χ2n) is 5.03. The zero-order valence-corrected chi connectivity index (χ0v) is 14.7. The van der Waals surface area contributed by atoms with Crippen LogP contribution in [0.25, 0.3) is 0 Å². The highest BCUT2D eigenvalue weighted by molar-refractivity contribution is 7.09. The molecule has 0 fully saturated rings. The van der Waals surface area contributed by atoms with Gasteiger partial charge in [-0.2, -0.15) is 0 Å². The van der Waals surface area contributed by atoms with E-state index in [1.165, 1.54) is 4.88 Å². The molecule has 1 aromatic heterocycles. The van der Waals surface area contributed by atoms with Gasteiger partial charge < -0.3 is 15.4 Å². The van der Waals surface area contributed by atoms with Crippen LogP contribution in [0.5, 0.6) is 5.75 Å². The Morgan fingerprint density at radius 2 is 2.09 bits per heavy atom. The molecule has 1 aromatic carbocycles. The molecule has 0 aliphatic carbocycles. The van der Waals surface area contributed by atoms with E-state index < -0.39 is 0 Å². The van der Waals surface area contributed by atoms with Crippen molar-refractivity contribution in [3.8, 4) is 5.75 Å². The van der Waals surface area contributed by atoms with Crippen LogP contribution in [0.1, 0.15) is 24.3 Å². The average Bonchev–Trinajstić information content (AvgIpc) is 3.07. The summed E-state index contributed by atoms with van der Waals surface area (Å²) in [7, 11) is 0. The Morgan fingerprint density at radius 1 is 1.17 bits per heavy atom. The van der Waals surface area contributed by atoms with Crippen molar-refractivity contribution in [2.45, 2.75) is 26.8 Å². The minimum absolute atomic E-state index is 0.634. The molecule has 0 radical (unpaired) electrons. The van der Waals surface area contributed by atoms with E-state index in [-0.39, 0.29) is 0 Å². The molecule has 0 saturated carbocycles. The van der Waals surface area contributed by atoms with E-state index in [4.69, 9.17) is 4.74 Å². The van der Waals surface area contributed by atoms with Crippen LogP contribution in [0.4, 0.5) is 0 Å². The van der Waals surface area contributed by atoms with Crippen LogP contribution in [-0.2, 0) is 13.0 Å². The summed E-state index contributed by atoms with van der Waals surface area (Å²) in [6.07, 6.45) is 1.02. The lowest BCUT2D eigenvalue weighted by atomic mass is 10.2. The second-order valence-corrected chi connectivity index (χ2v) is 6.06. The van der Waals surface area contributed by atoms with E-state index in [1.807, 2.05) is 25.1 Å². The SMILES string of the molecule is CCNC(=NCc1cccc(OCC)c1)NCCc1cccs1. The molecule has 124 valence electrons. The van der Waals surface area contributed by atoms with Gasteiger partial charge in [-0.05, 0) is 49.4 Å². The first-order valence-electron chi connectivity index (χ1n) is 8.08. The van der Waals surface area contributed by atoms with Gasteiger partial charge in [-0.15, -0.1) is 11.3 Å². The number of rotatable bonds is 8. The number of aliphatic imine (C=N–C) groups is 1. The van der Waals surface area contributed by atoms with E-state index >= 15 is 0 Å². The van der Waals surface area contributed by atoms with Gasteiger partial charge in [0.25, 0.3) is 0 Å². The number of hydrogen-bond donors (Lipinski definition) is 2. The molecular formula is C18H25N3OS. The maximum absolute atomic E-state index is 5.53. The highest BCUT2D eigenvalue weighted by atomic mass is 32.1. The van der Waals surface area contributed by atoms with E-state index in [1.54, 1.807) is 11.3 Å². The Labute approximate surface area is 142 Å². The van der Waals surface area contributed by atoms with Gasteiger partial charge in [0, 0.05) is 18.0 Å².